The lowest BCUT2D eigenvalue weighted by Gasteiger charge is -2.25. The third-order valence-electron chi connectivity index (χ3n) is 1.75. The molecule has 0 aliphatic carbocycles. The molecular formula is C7H16O2SSi. The van der Waals surface area contributed by atoms with Gasteiger partial charge in [-0.3, -0.25) is 0 Å². The number of hydrogen-bond acceptors (Lipinski definition) is 3. The maximum absolute atomic E-state index is 5.53. The summed E-state index contributed by atoms with van der Waals surface area (Å²) >= 11 is 4.46. The lowest BCUT2D eigenvalue weighted by molar-refractivity contribution is 0.132. The normalized spacial score (nSPS) is 23.5. The molecule has 1 fully saturated rings. The van der Waals surface area contributed by atoms with E-state index in [1.54, 1.807) is 0 Å². The molecule has 0 aromatic carbocycles. The summed E-state index contributed by atoms with van der Waals surface area (Å²) in [4.78, 5) is 0.389. The zero-order valence-electron chi connectivity index (χ0n) is 6.95. The van der Waals surface area contributed by atoms with Gasteiger partial charge in [0.25, 0.3) is 0 Å². The van der Waals surface area contributed by atoms with E-state index >= 15 is 0 Å². The molecule has 1 saturated heterocycles. The predicted molar refractivity (Wildman–Crippen MR) is 51.4 cm³/mol. The van der Waals surface area contributed by atoms with Crippen LogP contribution in [0.3, 0.4) is 0 Å². The van der Waals surface area contributed by atoms with Crippen LogP contribution < -0.4 is 0 Å². The molecule has 1 aliphatic rings. The Kier molecular flexibility index (Phi) is 4.52. The average Bonchev–Trinajstić information content (AvgIpc) is 2.07. The van der Waals surface area contributed by atoms with Gasteiger partial charge in [-0.15, -0.1) is 0 Å². The third kappa shape index (κ3) is 3.15. The molecule has 1 heterocycles. The Balaban J connectivity index is 2.21. The summed E-state index contributed by atoms with van der Waals surface area (Å²) in [7, 11) is -1.37. The van der Waals surface area contributed by atoms with Crippen LogP contribution in [0.2, 0.25) is 0 Å². The third-order valence-corrected chi connectivity index (χ3v) is 4.83. The van der Waals surface area contributed by atoms with Crippen molar-refractivity contribution in [2.45, 2.75) is 31.1 Å². The molecule has 0 bridgehead atoms. The summed E-state index contributed by atoms with van der Waals surface area (Å²) in [5.74, 6) is 0. The highest BCUT2D eigenvalue weighted by atomic mass is 32.1. The van der Waals surface area contributed by atoms with E-state index < -0.39 is 9.28 Å². The summed E-state index contributed by atoms with van der Waals surface area (Å²) in [5, 5.41) is 0. The predicted octanol–water partition coefficient (Wildman–Crippen LogP) is 1.28. The largest absolute Gasteiger partial charge is 0.396 e. The monoisotopic (exact) mass is 192 g/mol. The van der Waals surface area contributed by atoms with Crippen molar-refractivity contribution in [3.63, 3.8) is 0 Å². The Labute approximate surface area is 75.5 Å². The van der Waals surface area contributed by atoms with Gasteiger partial charge in [-0.2, -0.15) is 12.6 Å². The van der Waals surface area contributed by atoms with Crippen LogP contribution in [0, 0.1) is 0 Å². The molecule has 4 heteroatoms. The minimum atomic E-state index is -1.37. The Morgan fingerprint density at radius 1 is 1.45 bits per heavy atom. The second-order valence-electron chi connectivity index (χ2n) is 2.82. The Bertz CT molecular complexity index is 107. The molecule has 0 spiro atoms. The van der Waals surface area contributed by atoms with Crippen molar-refractivity contribution in [2.75, 3.05) is 13.2 Å². The summed E-state index contributed by atoms with van der Waals surface area (Å²) < 4.78 is 11.1. The van der Waals surface area contributed by atoms with Crippen LogP contribution in [0.4, 0.5) is 0 Å². The minimum Gasteiger partial charge on any atom is -0.396 e. The highest BCUT2D eigenvalue weighted by molar-refractivity contribution is 7.82. The maximum Gasteiger partial charge on any atom is 0.334 e. The van der Waals surface area contributed by atoms with Crippen molar-refractivity contribution in [1.82, 2.24) is 0 Å². The van der Waals surface area contributed by atoms with Gasteiger partial charge in [-0.25, -0.2) is 0 Å². The van der Waals surface area contributed by atoms with Crippen molar-refractivity contribution < 1.29 is 8.85 Å². The van der Waals surface area contributed by atoms with Crippen molar-refractivity contribution >= 4 is 21.9 Å². The fraction of sp³-hybridized carbons (Fsp3) is 1.00. The average molecular weight is 192 g/mol. The highest BCUT2D eigenvalue weighted by Crippen LogP contribution is 2.13. The van der Waals surface area contributed by atoms with Crippen molar-refractivity contribution in [3.05, 3.63) is 0 Å². The van der Waals surface area contributed by atoms with E-state index in [4.69, 9.17) is 8.85 Å². The van der Waals surface area contributed by atoms with Gasteiger partial charge in [0.1, 0.15) is 0 Å². The zero-order chi connectivity index (χ0) is 8.10. The molecule has 0 N–H and O–H groups in total. The highest BCUT2D eigenvalue weighted by Gasteiger charge is 2.24. The van der Waals surface area contributed by atoms with Crippen LogP contribution in [-0.2, 0) is 8.85 Å². The number of thiol groups is 1. The molecule has 0 radical (unpaired) electrons. The van der Waals surface area contributed by atoms with Crippen LogP contribution in [-0.4, -0.2) is 27.4 Å². The first-order chi connectivity index (χ1) is 5.34. The summed E-state index contributed by atoms with van der Waals surface area (Å²) in [5.41, 5.74) is 0. The van der Waals surface area contributed by atoms with Crippen molar-refractivity contribution in [2.24, 2.45) is 0 Å². The van der Waals surface area contributed by atoms with Crippen LogP contribution in [0.15, 0.2) is 0 Å². The van der Waals surface area contributed by atoms with E-state index in [1.165, 1.54) is 6.42 Å². The fourth-order valence-corrected chi connectivity index (χ4v) is 3.88. The molecule has 2 nitrogen and oxygen atoms in total. The molecule has 1 unspecified atom stereocenters. The smallest absolute Gasteiger partial charge is 0.334 e. The van der Waals surface area contributed by atoms with Gasteiger partial charge in [-0.05, 0) is 12.8 Å². The summed E-state index contributed by atoms with van der Waals surface area (Å²) in [6.07, 6.45) is 3.35. The van der Waals surface area contributed by atoms with Gasteiger partial charge in [-0.1, -0.05) is 13.3 Å². The number of rotatable bonds is 3. The van der Waals surface area contributed by atoms with Gasteiger partial charge in [0.2, 0.25) is 0 Å². The lowest BCUT2D eigenvalue weighted by atomic mass is 10.4. The second-order valence-corrected chi connectivity index (χ2v) is 6.25. The van der Waals surface area contributed by atoms with Crippen LogP contribution in [0.25, 0.3) is 0 Å². The molecule has 0 aromatic heterocycles. The van der Waals surface area contributed by atoms with Gasteiger partial charge in [0.15, 0.2) is 0 Å². The molecule has 11 heavy (non-hydrogen) atoms. The lowest BCUT2D eigenvalue weighted by Crippen LogP contribution is -2.38. The molecular weight excluding hydrogens is 176 g/mol. The van der Waals surface area contributed by atoms with Crippen LogP contribution in [0.1, 0.15) is 26.2 Å². The summed E-state index contributed by atoms with van der Waals surface area (Å²) in [6, 6.07) is 0. The van der Waals surface area contributed by atoms with Gasteiger partial charge >= 0.3 is 9.28 Å². The first-order valence-electron chi connectivity index (χ1n) is 4.26. The van der Waals surface area contributed by atoms with Gasteiger partial charge < -0.3 is 8.85 Å². The van der Waals surface area contributed by atoms with E-state index in [0.29, 0.717) is 4.87 Å². The van der Waals surface area contributed by atoms with E-state index in [1.807, 2.05) is 0 Å². The first kappa shape index (κ1) is 9.57. The molecule has 0 saturated carbocycles. The molecule has 66 valence electrons. The standard InChI is InChI=1S/C7H16O2SSi/c1-2-4-7(10)11-8-5-3-6-9-11/h7,10-11H,2-6H2,1H3. The number of hydrogen-bond donors (Lipinski definition) is 1. The van der Waals surface area contributed by atoms with Gasteiger partial charge in [0.05, 0.1) is 0 Å². The van der Waals surface area contributed by atoms with E-state index in [9.17, 15) is 0 Å². The molecule has 0 aromatic rings. The van der Waals surface area contributed by atoms with E-state index in [-0.39, 0.29) is 0 Å². The molecule has 0 amide bonds. The second kappa shape index (κ2) is 5.19. The maximum atomic E-state index is 5.53. The van der Waals surface area contributed by atoms with Crippen molar-refractivity contribution in [1.29, 1.82) is 0 Å². The fourth-order valence-electron chi connectivity index (χ4n) is 1.16. The van der Waals surface area contributed by atoms with E-state index in [2.05, 4.69) is 19.6 Å². The Morgan fingerprint density at radius 3 is 2.64 bits per heavy atom. The van der Waals surface area contributed by atoms with Crippen LogP contribution in [0.5, 0.6) is 0 Å². The molecule has 1 atom stereocenters. The first-order valence-corrected chi connectivity index (χ1v) is 6.38. The summed E-state index contributed by atoms with van der Waals surface area (Å²) in [6.45, 7) is 3.94. The SMILES string of the molecule is CCCC(S)[SiH]1OCCCO1. The minimum absolute atomic E-state index is 0.389. The quantitative estimate of drug-likeness (QED) is 0.536. The van der Waals surface area contributed by atoms with Crippen LogP contribution >= 0.6 is 12.6 Å². The molecule has 1 aliphatic heterocycles. The topological polar surface area (TPSA) is 18.5 Å². The van der Waals surface area contributed by atoms with Gasteiger partial charge in [0, 0.05) is 18.1 Å². The Hall–Kier alpha value is 0.487. The molecule has 1 rings (SSSR count). The Morgan fingerprint density at radius 2 is 2.09 bits per heavy atom. The van der Waals surface area contributed by atoms with E-state index in [0.717, 1.165) is 26.1 Å². The van der Waals surface area contributed by atoms with Crippen molar-refractivity contribution in [3.8, 4) is 0 Å². The zero-order valence-corrected chi connectivity index (χ0v) is 9.00.